The maximum Gasteiger partial charge on any atom is 0.257 e. The van der Waals surface area contributed by atoms with E-state index in [1.807, 2.05) is 18.4 Å². The summed E-state index contributed by atoms with van der Waals surface area (Å²) in [5, 5.41) is 4.49. The van der Waals surface area contributed by atoms with E-state index < -0.39 is 0 Å². The Morgan fingerprint density at radius 1 is 1.47 bits per heavy atom. The largest absolute Gasteiger partial charge is 0.305 e. The quantitative estimate of drug-likeness (QED) is 0.841. The summed E-state index contributed by atoms with van der Waals surface area (Å²) in [5.74, 6) is 0.311. The van der Waals surface area contributed by atoms with E-state index in [4.69, 9.17) is 0 Å². The Bertz CT molecular complexity index is 467. The maximum atomic E-state index is 11.7. The summed E-state index contributed by atoms with van der Waals surface area (Å²) < 4.78 is 0. The standard InChI is InChI=1S/C10H9N3OS/c1-7-4-8(6-15-7)10(14)13-9-5-11-2-3-12-9/h2-6H,1H3,(H,12,13,14). The lowest BCUT2D eigenvalue weighted by Crippen LogP contribution is -2.11. The van der Waals surface area contributed by atoms with E-state index in [1.165, 1.54) is 12.4 Å². The van der Waals surface area contributed by atoms with Gasteiger partial charge in [-0.2, -0.15) is 0 Å². The Morgan fingerprint density at radius 2 is 2.33 bits per heavy atom. The molecule has 0 fully saturated rings. The van der Waals surface area contributed by atoms with Crippen LogP contribution in [0.2, 0.25) is 0 Å². The Kier molecular flexibility index (Phi) is 2.73. The highest BCUT2D eigenvalue weighted by Gasteiger charge is 2.07. The van der Waals surface area contributed by atoms with Gasteiger partial charge in [0.05, 0.1) is 11.8 Å². The number of thiophene rings is 1. The van der Waals surface area contributed by atoms with Crippen LogP contribution >= 0.6 is 11.3 Å². The number of nitrogens with one attached hydrogen (secondary N) is 1. The summed E-state index contributed by atoms with van der Waals surface area (Å²) in [6, 6.07) is 1.84. The molecule has 4 nitrogen and oxygen atoms in total. The average molecular weight is 219 g/mol. The minimum absolute atomic E-state index is 0.153. The zero-order chi connectivity index (χ0) is 10.7. The molecule has 2 aromatic heterocycles. The van der Waals surface area contributed by atoms with Gasteiger partial charge >= 0.3 is 0 Å². The van der Waals surface area contributed by atoms with Gasteiger partial charge in [-0.05, 0) is 13.0 Å². The third kappa shape index (κ3) is 2.38. The van der Waals surface area contributed by atoms with Crippen LogP contribution in [0.3, 0.4) is 0 Å². The first kappa shape index (κ1) is 9.79. The van der Waals surface area contributed by atoms with Crippen molar-refractivity contribution in [1.82, 2.24) is 9.97 Å². The van der Waals surface area contributed by atoms with Crippen molar-refractivity contribution in [3.63, 3.8) is 0 Å². The lowest BCUT2D eigenvalue weighted by molar-refractivity contribution is 0.102. The molecule has 0 aliphatic carbocycles. The number of anilines is 1. The van der Waals surface area contributed by atoms with Gasteiger partial charge in [-0.15, -0.1) is 11.3 Å². The summed E-state index contributed by atoms with van der Waals surface area (Å²) in [7, 11) is 0. The molecule has 15 heavy (non-hydrogen) atoms. The molecule has 2 heterocycles. The van der Waals surface area contributed by atoms with Gasteiger partial charge in [0.15, 0.2) is 5.82 Å². The van der Waals surface area contributed by atoms with Crippen molar-refractivity contribution in [1.29, 1.82) is 0 Å². The van der Waals surface area contributed by atoms with E-state index >= 15 is 0 Å². The second kappa shape index (κ2) is 4.18. The number of aryl methyl sites for hydroxylation is 1. The van der Waals surface area contributed by atoms with E-state index in [-0.39, 0.29) is 5.91 Å². The molecule has 0 aliphatic rings. The number of carbonyl (C=O) groups is 1. The van der Waals surface area contributed by atoms with Gasteiger partial charge in [-0.3, -0.25) is 9.78 Å². The lowest BCUT2D eigenvalue weighted by Gasteiger charge is -2.00. The highest BCUT2D eigenvalue weighted by molar-refractivity contribution is 7.10. The highest BCUT2D eigenvalue weighted by atomic mass is 32.1. The molecule has 2 rings (SSSR count). The Morgan fingerprint density at radius 3 is 2.93 bits per heavy atom. The van der Waals surface area contributed by atoms with Crippen LogP contribution in [0.15, 0.2) is 30.0 Å². The number of rotatable bonds is 2. The summed E-state index contributed by atoms with van der Waals surface area (Å²) in [6.45, 7) is 1.96. The Labute approximate surface area is 91.0 Å². The van der Waals surface area contributed by atoms with Crippen molar-refractivity contribution in [2.75, 3.05) is 5.32 Å². The minimum Gasteiger partial charge on any atom is -0.305 e. The van der Waals surface area contributed by atoms with Crippen LogP contribution < -0.4 is 5.32 Å². The van der Waals surface area contributed by atoms with Crippen molar-refractivity contribution in [2.45, 2.75) is 6.92 Å². The number of carbonyl (C=O) groups excluding carboxylic acids is 1. The molecule has 0 aliphatic heterocycles. The average Bonchev–Trinajstić information content (AvgIpc) is 2.66. The molecule has 0 bridgehead atoms. The first-order valence-electron chi connectivity index (χ1n) is 4.38. The number of hydrogen-bond acceptors (Lipinski definition) is 4. The maximum absolute atomic E-state index is 11.7. The van der Waals surface area contributed by atoms with Crippen LogP contribution in [0.25, 0.3) is 0 Å². The van der Waals surface area contributed by atoms with E-state index in [0.29, 0.717) is 11.4 Å². The fourth-order valence-corrected chi connectivity index (χ4v) is 1.80. The van der Waals surface area contributed by atoms with Crippen LogP contribution in [-0.4, -0.2) is 15.9 Å². The summed E-state index contributed by atoms with van der Waals surface area (Å²) >= 11 is 1.55. The molecule has 0 spiro atoms. The molecule has 0 saturated heterocycles. The first-order chi connectivity index (χ1) is 7.25. The predicted molar refractivity (Wildman–Crippen MR) is 59.0 cm³/mol. The summed E-state index contributed by atoms with van der Waals surface area (Å²) in [6.07, 6.45) is 4.61. The molecule has 76 valence electrons. The number of hydrogen-bond donors (Lipinski definition) is 1. The van der Waals surface area contributed by atoms with Crippen LogP contribution in [0.4, 0.5) is 5.82 Å². The number of amides is 1. The number of nitrogens with zero attached hydrogens (tertiary/aromatic N) is 2. The molecule has 0 saturated carbocycles. The molecule has 0 unspecified atom stereocenters. The van der Waals surface area contributed by atoms with Gasteiger partial charge < -0.3 is 5.32 Å². The van der Waals surface area contributed by atoms with E-state index in [0.717, 1.165) is 4.88 Å². The third-order valence-electron chi connectivity index (χ3n) is 1.80. The second-order valence-electron chi connectivity index (χ2n) is 2.99. The Balaban J connectivity index is 2.11. The predicted octanol–water partition coefficient (Wildman–Crippen LogP) is 2.10. The summed E-state index contributed by atoms with van der Waals surface area (Å²) in [4.78, 5) is 20.6. The van der Waals surface area contributed by atoms with E-state index in [9.17, 15) is 4.79 Å². The molecule has 1 N–H and O–H groups in total. The lowest BCUT2D eigenvalue weighted by atomic mass is 10.3. The molecule has 0 atom stereocenters. The van der Waals surface area contributed by atoms with Gasteiger partial charge in [-0.1, -0.05) is 0 Å². The van der Waals surface area contributed by atoms with Gasteiger partial charge in [0.1, 0.15) is 0 Å². The van der Waals surface area contributed by atoms with Gasteiger partial charge in [-0.25, -0.2) is 4.98 Å². The van der Waals surface area contributed by atoms with Crippen LogP contribution in [0.1, 0.15) is 15.2 Å². The Hall–Kier alpha value is -1.75. The van der Waals surface area contributed by atoms with Crippen LogP contribution in [0, 0.1) is 6.92 Å². The smallest absolute Gasteiger partial charge is 0.257 e. The van der Waals surface area contributed by atoms with Gasteiger partial charge in [0, 0.05) is 22.7 Å². The highest BCUT2D eigenvalue weighted by Crippen LogP contribution is 2.14. The van der Waals surface area contributed by atoms with Crippen LogP contribution in [-0.2, 0) is 0 Å². The van der Waals surface area contributed by atoms with E-state index in [1.54, 1.807) is 17.5 Å². The monoisotopic (exact) mass is 219 g/mol. The van der Waals surface area contributed by atoms with Gasteiger partial charge in [0.25, 0.3) is 5.91 Å². The fourth-order valence-electron chi connectivity index (χ4n) is 1.11. The zero-order valence-corrected chi connectivity index (χ0v) is 8.91. The molecule has 0 aromatic carbocycles. The zero-order valence-electron chi connectivity index (χ0n) is 8.10. The number of aromatic nitrogens is 2. The van der Waals surface area contributed by atoms with Gasteiger partial charge in [0.2, 0.25) is 0 Å². The molecule has 5 heteroatoms. The molecular weight excluding hydrogens is 210 g/mol. The molecule has 2 aromatic rings. The SMILES string of the molecule is Cc1cc(C(=O)Nc2cnccn2)cs1. The van der Waals surface area contributed by atoms with Crippen molar-refractivity contribution in [3.05, 3.63) is 40.5 Å². The van der Waals surface area contributed by atoms with Crippen molar-refractivity contribution >= 4 is 23.1 Å². The fraction of sp³-hybridized carbons (Fsp3) is 0.100. The van der Waals surface area contributed by atoms with E-state index in [2.05, 4.69) is 15.3 Å². The molecular formula is C10H9N3OS. The second-order valence-corrected chi connectivity index (χ2v) is 4.11. The summed E-state index contributed by atoms with van der Waals surface area (Å²) in [5.41, 5.74) is 0.656. The van der Waals surface area contributed by atoms with Crippen molar-refractivity contribution in [2.24, 2.45) is 0 Å². The normalized spacial score (nSPS) is 9.93. The van der Waals surface area contributed by atoms with Crippen molar-refractivity contribution in [3.8, 4) is 0 Å². The topological polar surface area (TPSA) is 54.9 Å². The molecule has 1 amide bonds. The van der Waals surface area contributed by atoms with Crippen LogP contribution in [0.5, 0.6) is 0 Å². The minimum atomic E-state index is -0.153. The third-order valence-corrected chi connectivity index (χ3v) is 2.66. The van der Waals surface area contributed by atoms with Crippen molar-refractivity contribution < 1.29 is 4.79 Å². The first-order valence-corrected chi connectivity index (χ1v) is 5.26. The molecule has 0 radical (unpaired) electrons.